The number of rotatable bonds is 4. The van der Waals surface area contributed by atoms with E-state index in [1.54, 1.807) is 56.0 Å². The zero-order chi connectivity index (χ0) is 22.9. The molecule has 6 nitrogen and oxygen atoms in total. The van der Waals surface area contributed by atoms with E-state index in [4.69, 9.17) is 9.47 Å². The lowest BCUT2D eigenvalue weighted by Crippen LogP contribution is -2.48. The summed E-state index contributed by atoms with van der Waals surface area (Å²) in [6, 6.07) is 8.15. The number of benzene rings is 1. The van der Waals surface area contributed by atoms with Gasteiger partial charge in [0.25, 0.3) is 0 Å². The van der Waals surface area contributed by atoms with Gasteiger partial charge in [-0.05, 0) is 32.8 Å². The third kappa shape index (κ3) is 5.53. The number of likely N-dealkylation sites (tertiary alicyclic amines) is 1. The number of hydrogen-bond acceptors (Lipinski definition) is 5. The molecule has 1 unspecified atom stereocenters. The predicted octanol–water partition coefficient (Wildman–Crippen LogP) is 4.25. The molecule has 0 spiro atoms. The molecule has 1 amide bonds. The highest BCUT2D eigenvalue weighted by atomic mass is 19.3. The van der Waals surface area contributed by atoms with Crippen molar-refractivity contribution in [1.82, 2.24) is 4.90 Å². The SMILES string of the molecule is CC(C)(C)OC(=O)N1CCC(OC(=O)C(O)(c2ccccc2)[C@@H]2CCC(F)(F)C2)CC1. The summed E-state index contributed by atoms with van der Waals surface area (Å²) in [5.74, 6) is -4.75. The van der Waals surface area contributed by atoms with Gasteiger partial charge in [0.2, 0.25) is 5.92 Å². The first-order valence-corrected chi connectivity index (χ1v) is 10.8. The highest BCUT2D eigenvalue weighted by Gasteiger charge is 2.54. The summed E-state index contributed by atoms with van der Waals surface area (Å²) in [5.41, 5.74) is -2.48. The minimum atomic E-state index is -2.91. The number of alkyl halides is 2. The molecule has 1 saturated heterocycles. The Hall–Kier alpha value is -2.22. The number of carbonyl (C=O) groups excluding carboxylic acids is 2. The van der Waals surface area contributed by atoms with Crippen LogP contribution in [0.25, 0.3) is 0 Å². The van der Waals surface area contributed by atoms with Gasteiger partial charge in [0, 0.05) is 44.7 Å². The van der Waals surface area contributed by atoms with Crippen LogP contribution in [0.3, 0.4) is 0 Å². The highest BCUT2D eigenvalue weighted by molar-refractivity contribution is 5.82. The van der Waals surface area contributed by atoms with Crippen LogP contribution in [0.15, 0.2) is 30.3 Å². The summed E-state index contributed by atoms with van der Waals surface area (Å²) in [5, 5.41) is 11.4. The molecule has 1 aliphatic carbocycles. The molecule has 31 heavy (non-hydrogen) atoms. The Morgan fingerprint density at radius 1 is 1.10 bits per heavy atom. The molecule has 1 N–H and O–H groups in total. The summed E-state index contributed by atoms with van der Waals surface area (Å²) in [7, 11) is 0. The van der Waals surface area contributed by atoms with Crippen LogP contribution >= 0.6 is 0 Å². The van der Waals surface area contributed by atoms with Crippen molar-refractivity contribution < 1.29 is 33.0 Å². The van der Waals surface area contributed by atoms with Crippen LogP contribution in [-0.4, -0.2) is 52.8 Å². The second-order valence-corrected chi connectivity index (χ2v) is 9.50. The molecule has 1 saturated carbocycles. The summed E-state index contributed by atoms with van der Waals surface area (Å²) < 4.78 is 38.7. The fourth-order valence-corrected chi connectivity index (χ4v) is 4.24. The molecule has 0 bridgehead atoms. The molecule has 1 aromatic rings. The third-order valence-corrected chi connectivity index (χ3v) is 5.89. The Labute approximate surface area is 181 Å². The standard InChI is InChI=1S/C23H31F2NO5/c1-21(2,3)31-20(28)26-13-10-18(11-14-26)30-19(27)23(29,16-7-5-4-6-8-16)17-9-12-22(24,25)15-17/h4-8,17-18,29H,9-15H2,1-3H3/t17-,23?/m1/s1. The third-order valence-electron chi connectivity index (χ3n) is 5.89. The number of halogens is 2. The van der Waals surface area contributed by atoms with E-state index in [-0.39, 0.29) is 18.4 Å². The first-order chi connectivity index (χ1) is 14.4. The van der Waals surface area contributed by atoms with Gasteiger partial charge in [-0.25, -0.2) is 18.4 Å². The lowest BCUT2D eigenvalue weighted by Gasteiger charge is -2.36. The van der Waals surface area contributed by atoms with Crippen LogP contribution in [0.5, 0.6) is 0 Å². The Balaban J connectivity index is 1.68. The molecular weight excluding hydrogens is 408 g/mol. The number of piperidine rings is 1. The minimum Gasteiger partial charge on any atom is -0.460 e. The first kappa shape index (κ1) is 23.4. The second kappa shape index (κ2) is 8.73. The van der Waals surface area contributed by atoms with Crippen molar-refractivity contribution in [3.8, 4) is 0 Å². The molecule has 1 heterocycles. The quantitative estimate of drug-likeness (QED) is 0.710. The van der Waals surface area contributed by atoms with E-state index < -0.39 is 47.6 Å². The summed E-state index contributed by atoms with van der Waals surface area (Å²) in [4.78, 5) is 26.9. The molecule has 8 heteroatoms. The Morgan fingerprint density at radius 3 is 2.23 bits per heavy atom. The van der Waals surface area contributed by atoms with Crippen molar-refractivity contribution in [2.75, 3.05) is 13.1 Å². The highest BCUT2D eigenvalue weighted by Crippen LogP contribution is 2.48. The van der Waals surface area contributed by atoms with Crippen LogP contribution in [0.1, 0.15) is 58.4 Å². The topological polar surface area (TPSA) is 76.1 Å². The smallest absolute Gasteiger partial charge is 0.410 e. The van der Waals surface area contributed by atoms with E-state index in [9.17, 15) is 23.5 Å². The first-order valence-electron chi connectivity index (χ1n) is 10.8. The number of esters is 1. The maximum absolute atomic E-state index is 13.9. The number of ether oxygens (including phenoxy) is 2. The van der Waals surface area contributed by atoms with Gasteiger partial charge >= 0.3 is 12.1 Å². The maximum atomic E-state index is 13.9. The molecule has 1 aromatic carbocycles. The van der Waals surface area contributed by atoms with Gasteiger partial charge in [-0.15, -0.1) is 0 Å². The second-order valence-electron chi connectivity index (χ2n) is 9.50. The van der Waals surface area contributed by atoms with Crippen molar-refractivity contribution in [3.05, 3.63) is 35.9 Å². The zero-order valence-electron chi connectivity index (χ0n) is 18.3. The van der Waals surface area contributed by atoms with Gasteiger partial charge in [-0.3, -0.25) is 0 Å². The molecule has 172 valence electrons. The van der Waals surface area contributed by atoms with Crippen molar-refractivity contribution in [1.29, 1.82) is 0 Å². The predicted molar refractivity (Wildman–Crippen MR) is 110 cm³/mol. The molecule has 3 rings (SSSR count). The van der Waals surface area contributed by atoms with Crippen LogP contribution in [0, 0.1) is 5.92 Å². The number of amides is 1. The van der Waals surface area contributed by atoms with Crippen molar-refractivity contribution in [2.45, 2.75) is 76.1 Å². The van der Waals surface area contributed by atoms with Gasteiger partial charge in [-0.2, -0.15) is 0 Å². The van der Waals surface area contributed by atoms with Crippen molar-refractivity contribution >= 4 is 12.1 Å². The monoisotopic (exact) mass is 439 g/mol. The van der Waals surface area contributed by atoms with Gasteiger partial charge in [-0.1, -0.05) is 30.3 Å². The minimum absolute atomic E-state index is 0.0323. The van der Waals surface area contributed by atoms with E-state index in [0.29, 0.717) is 25.9 Å². The fraction of sp³-hybridized carbons (Fsp3) is 0.652. The van der Waals surface area contributed by atoms with E-state index in [1.165, 1.54) is 0 Å². The molecule has 2 atom stereocenters. The lowest BCUT2D eigenvalue weighted by molar-refractivity contribution is -0.182. The number of hydrogen-bond donors (Lipinski definition) is 1. The van der Waals surface area contributed by atoms with Crippen LogP contribution < -0.4 is 0 Å². The fourth-order valence-electron chi connectivity index (χ4n) is 4.24. The molecule has 2 aliphatic rings. The molecule has 1 aliphatic heterocycles. The largest absolute Gasteiger partial charge is 0.460 e. The lowest BCUT2D eigenvalue weighted by atomic mass is 9.80. The summed E-state index contributed by atoms with van der Waals surface area (Å²) >= 11 is 0. The van der Waals surface area contributed by atoms with Crippen molar-refractivity contribution in [2.24, 2.45) is 5.92 Å². The molecule has 0 aromatic heterocycles. The van der Waals surface area contributed by atoms with Gasteiger partial charge in [0.15, 0.2) is 5.60 Å². The molecule has 0 radical (unpaired) electrons. The van der Waals surface area contributed by atoms with Crippen molar-refractivity contribution in [3.63, 3.8) is 0 Å². The van der Waals surface area contributed by atoms with Crippen LogP contribution in [0.2, 0.25) is 0 Å². The number of carbonyl (C=O) groups is 2. The average molecular weight is 439 g/mol. The normalized spacial score (nSPS) is 23.8. The van der Waals surface area contributed by atoms with Gasteiger partial charge < -0.3 is 19.5 Å². The number of aliphatic hydroxyl groups is 1. The molecule has 2 fully saturated rings. The van der Waals surface area contributed by atoms with Gasteiger partial charge in [0.05, 0.1) is 0 Å². The van der Waals surface area contributed by atoms with E-state index in [0.717, 1.165) is 0 Å². The Kier molecular flexibility index (Phi) is 6.60. The van der Waals surface area contributed by atoms with E-state index in [2.05, 4.69) is 0 Å². The van der Waals surface area contributed by atoms with Crippen LogP contribution in [-0.2, 0) is 19.9 Å². The van der Waals surface area contributed by atoms with E-state index >= 15 is 0 Å². The Morgan fingerprint density at radius 2 is 1.71 bits per heavy atom. The average Bonchev–Trinajstić information content (AvgIpc) is 3.07. The van der Waals surface area contributed by atoms with E-state index in [1.807, 2.05) is 0 Å². The summed E-state index contributed by atoms with van der Waals surface area (Å²) in [6.07, 6.45) is -1.06. The maximum Gasteiger partial charge on any atom is 0.410 e. The Bertz CT molecular complexity index is 787. The van der Waals surface area contributed by atoms with Crippen LogP contribution in [0.4, 0.5) is 13.6 Å². The number of nitrogens with zero attached hydrogens (tertiary/aromatic N) is 1. The molecular formula is C23H31F2NO5. The summed E-state index contributed by atoms with van der Waals surface area (Å²) in [6.45, 7) is 6.05. The van der Waals surface area contributed by atoms with Gasteiger partial charge in [0.1, 0.15) is 11.7 Å². The zero-order valence-corrected chi connectivity index (χ0v) is 18.3.